The van der Waals surface area contributed by atoms with Crippen LogP contribution in [0.3, 0.4) is 0 Å². The van der Waals surface area contributed by atoms with Crippen molar-refractivity contribution in [1.82, 2.24) is 5.32 Å². The maximum absolute atomic E-state index is 10.4. The van der Waals surface area contributed by atoms with Gasteiger partial charge in [-0.05, 0) is 56.5 Å². The zero-order valence-corrected chi connectivity index (χ0v) is 12.4. The fraction of sp³-hybridized carbons (Fsp3) is 0.600. The van der Waals surface area contributed by atoms with E-state index in [4.69, 9.17) is 4.74 Å². The maximum Gasteiger partial charge on any atom is 0.119 e. The Morgan fingerprint density at radius 1 is 1.16 bits per heavy atom. The van der Waals surface area contributed by atoms with Gasteiger partial charge in [0.1, 0.15) is 5.75 Å². The highest BCUT2D eigenvalue weighted by Gasteiger charge is 2.20. The van der Waals surface area contributed by atoms with Gasteiger partial charge in [0.15, 0.2) is 0 Å². The summed E-state index contributed by atoms with van der Waals surface area (Å²) in [5.41, 5.74) is 2.94. The molecule has 0 amide bonds. The predicted octanol–water partition coefficient (Wildman–Crippen LogP) is 1.70. The first-order chi connectivity index (χ1) is 8.86. The summed E-state index contributed by atoms with van der Waals surface area (Å²) in [7, 11) is 1.64. The van der Waals surface area contributed by atoms with Crippen LogP contribution in [0, 0.1) is 13.8 Å². The van der Waals surface area contributed by atoms with Crippen LogP contribution >= 0.6 is 0 Å². The van der Waals surface area contributed by atoms with Gasteiger partial charge in [0.2, 0.25) is 0 Å². The molecular weight excluding hydrogens is 242 g/mol. The van der Waals surface area contributed by atoms with Crippen molar-refractivity contribution >= 4 is 0 Å². The number of ether oxygens (including phenoxy) is 1. The average Bonchev–Trinajstić information content (AvgIpc) is 2.34. The Kier molecular flexibility index (Phi) is 5.79. The number of methoxy groups -OCH3 is 1. The highest BCUT2D eigenvalue weighted by Crippen LogP contribution is 2.28. The van der Waals surface area contributed by atoms with E-state index in [1.807, 2.05) is 32.9 Å². The van der Waals surface area contributed by atoms with Crippen molar-refractivity contribution in [3.8, 4) is 5.75 Å². The molecule has 0 aliphatic heterocycles. The fourth-order valence-electron chi connectivity index (χ4n) is 2.24. The van der Waals surface area contributed by atoms with Crippen molar-refractivity contribution in [2.75, 3.05) is 13.7 Å². The molecule has 0 aliphatic carbocycles. The standard InChI is InChI=1S/C15H25NO3/c1-9-6-13(19-5)7-10(2)14(9)15(18)12(4)16-8-11(3)17/h6-7,11-12,15-18H,8H2,1-5H3. The van der Waals surface area contributed by atoms with Gasteiger partial charge >= 0.3 is 0 Å². The molecule has 3 unspecified atom stereocenters. The molecule has 3 atom stereocenters. The Morgan fingerprint density at radius 3 is 2.11 bits per heavy atom. The second-order valence-corrected chi connectivity index (χ2v) is 5.17. The van der Waals surface area contributed by atoms with Crippen molar-refractivity contribution in [3.05, 3.63) is 28.8 Å². The lowest BCUT2D eigenvalue weighted by Crippen LogP contribution is -2.37. The topological polar surface area (TPSA) is 61.7 Å². The molecule has 0 heterocycles. The van der Waals surface area contributed by atoms with Gasteiger partial charge in [-0.25, -0.2) is 0 Å². The second kappa shape index (κ2) is 6.89. The van der Waals surface area contributed by atoms with Crippen molar-refractivity contribution < 1.29 is 14.9 Å². The van der Waals surface area contributed by atoms with E-state index in [9.17, 15) is 10.2 Å². The van der Waals surface area contributed by atoms with E-state index in [-0.39, 0.29) is 6.04 Å². The van der Waals surface area contributed by atoms with Crippen molar-refractivity contribution in [2.24, 2.45) is 0 Å². The van der Waals surface area contributed by atoms with E-state index in [1.54, 1.807) is 14.0 Å². The number of aryl methyl sites for hydroxylation is 2. The Labute approximate surface area is 115 Å². The van der Waals surface area contributed by atoms with Crippen LogP contribution in [-0.2, 0) is 0 Å². The minimum absolute atomic E-state index is 0.125. The lowest BCUT2D eigenvalue weighted by molar-refractivity contribution is 0.120. The molecule has 0 aliphatic rings. The molecule has 0 aromatic heterocycles. The van der Waals surface area contributed by atoms with Gasteiger partial charge in [0, 0.05) is 12.6 Å². The number of aliphatic hydroxyl groups excluding tert-OH is 2. The number of rotatable bonds is 6. The first-order valence-corrected chi connectivity index (χ1v) is 6.61. The van der Waals surface area contributed by atoms with Gasteiger partial charge in [-0.2, -0.15) is 0 Å². The summed E-state index contributed by atoms with van der Waals surface area (Å²) in [5, 5.41) is 22.8. The van der Waals surface area contributed by atoms with Gasteiger partial charge in [0.05, 0.1) is 19.3 Å². The summed E-state index contributed by atoms with van der Waals surface area (Å²) in [5.74, 6) is 0.801. The molecule has 108 valence electrons. The summed E-state index contributed by atoms with van der Waals surface area (Å²) >= 11 is 0. The third kappa shape index (κ3) is 4.20. The summed E-state index contributed by atoms with van der Waals surface area (Å²) < 4.78 is 5.22. The van der Waals surface area contributed by atoms with Gasteiger partial charge in [0.25, 0.3) is 0 Å². The molecule has 0 radical (unpaired) electrons. The normalized spacial score (nSPS) is 15.9. The first kappa shape index (κ1) is 16.0. The van der Waals surface area contributed by atoms with Gasteiger partial charge in [-0.3, -0.25) is 0 Å². The van der Waals surface area contributed by atoms with Crippen LogP contribution in [-0.4, -0.2) is 36.0 Å². The van der Waals surface area contributed by atoms with E-state index < -0.39 is 12.2 Å². The summed E-state index contributed by atoms with van der Waals surface area (Å²) in [4.78, 5) is 0. The lowest BCUT2D eigenvalue weighted by Gasteiger charge is -2.24. The average molecular weight is 267 g/mol. The first-order valence-electron chi connectivity index (χ1n) is 6.61. The quantitative estimate of drug-likeness (QED) is 0.734. The Bertz CT molecular complexity index is 395. The minimum Gasteiger partial charge on any atom is -0.497 e. The Balaban J connectivity index is 2.89. The monoisotopic (exact) mass is 267 g/mol. The van der Waals surface area contributed by atoms with Crippen LogP contribution in [0.2, 0.25) is 0 Å². The van der Waals surface area contributed by atoms with E-state index in [2.05, 4.69) is 5.32 Å². The molecule has 0 saturated carbocycles. The molecule has 1 rings (SSSR count). The van der Waals surface area contributed by atoms with Crippen LogP contribution in [0.15, 0.2) is 12.1 Å². The van der Waals surface area contributed by atoms with Crippen LogP contribution in [0.5, 0.6) is 5.75 Å². The molecule has 1 aromatic carbocycles. The van der Waals surface area contributed by atoms with Crippen LogP contribution in [0.1, 0.15) is 36.6 Å². The van der Waals surface area contributed by atoms with E-state index in [0.717, 1.165) is 22.4 Å². The van der Waals surface area contributed by atoms with Crippen molar-refractivity contribution in [2.45, 2.75) is 45.9 Å². The number of nitrogens with one attached hydrogen (secondary N) is 1. The molecule has 4 nitrogen and oxygen atoms in total. The number of hydrogen-bond acceptors (Lipinski definition) is 4. The Morgan fingerprint density at radius 2 is 1.68 bits per heavy atom. The third-order valence-corrected chi connectivity index (χ3v) is 3.31. The van der Waals surface area contributed by atoms with Gasteiger partial charge < -0.3 is 20.3 Å². The smallest absolute Gasteiger partial charge is 0.119 e. The van der Waals surface area contributed by atoms with Crippen LogP contribution in [0.25, 0.3) is 0 Å². The van der Waals surface area contributed by atoms with Crippen LogP contribution in [0.4, 0.5) is 0 Å². The summed E-state index contributed by atoms with van der Waals surface area (Å²) in [6.07, 6.45) is -1.03. The highest BCUT2D eigenvalue weighted by molar-refractivity contribution is 5.42. The molecule has 0 saturated heterocycles. The van der Waals surface area contributed by atoms with Crippen molar-refractivity contribution in [3.63, 3.8) is 0 Å². The molecule has 1 aromatic rings. The fourth-order valence-corrected chi connectivity index (χ4v) is 2.24. The largest absolute Gasteiger partial charge is 0.497 e. The van der Waals surface area contributed by atoms with E-state index in [0.29, 0.717) is 6.54 Å². The van der Waals surface area contributed by atoms with E-state index in [1.165, 1.54) is 0 Å². The minimum atomic E-state index is -0.607. The lowest BCUT2D eigenvalue weighted by atomic mass is 9.94. The number of hydrogen-bond donors (Lipinski definition) is 3. The summed E-state index contributed by atoms with van der Waals surface area (Å²) in [6, 6.07) is 3.72. The highest BCUT2D eigenvalue weighted by atomic mass is 16.5. The molecule has 0 spiro atoms. The summed E-state index contributed by atoms with van der Waals surface area (Å²) in [6.45, 7) is 8.03. The molecular formula is C15H25NO3. The predicted molar refractivity (Wildman–Crippen MR) is 76.6 cm³/mol. The molecule has 3 N–H and O–H groups in total. The molecule has 19 heavy (non-hydrogen) atoms. The molecule has 4 heteroatoms. The Hall–Kier alpha value is -1.10. The second-order valence-electron chi connectivity index (χ2n) is 5.17. The van der Waals surface area contributed by atoms with Gasteiger partial charge in [-0.1, -0.05) is 0 Å². The van der Waals surface area contributed by atoms with Crippen molar-refractivity contribution in [1.29, 1.82) is 0 Å². The number of benzene rings is 1. The van der Waals surface area contributed by atoms with E-state index >= 15 is 0 Å². The van der Waals surface area contributed by atoms with Crippen LogP contribution < -0.4 is 10.1 Å². The maximum atomic E-state index is 10.4. The SMILES string of the molecule is COc1cc(C)c(C(O)C(C)NCC(C)O)c(C)c1. The zero-order valence-electron chi connectivity index (χ0n) is 12.4. The third-order valence-electron chi connectivity index (χ3n) is 3.31. The zero-order chi connectivity index (χ0) is 14.6. The number of aliphatic hydroxyl groups is 2. The molecule has 0 fully saturated rings. The molecule has 0 bridgehead atoms. The van der Waals surface area contributed by atoms with Gasteiger partial charge in [-0.15, -0.1) is 0 Å².